The number of ether oxygens (including phenoxy) is 7. The molecule has 0 aromatic heterocycles. The molecule has 0 unspecified atom stereocenters. The van der Waals surface area contributed by atoms with Crippen LogP contribution in [0.25, 0.3) is 0 Å². The van der Waals surface area contributed by atoms with Crippen LogP contribution >= 0.6 is 11.6 Å². The molecular weight excluding hydrogens is 548 g/mol. The van der Waals surface area contributed by atoms with Gasteiger partial charge in [0.2, 0.25) is 23.9 Å². The zero-order chi connectivity index (χ0) is 28.9. The van der Waals surface area contributed by atoms with Crippen LogP contribution in [0.3, 0.4) is 0 Å². The molecule has 1 spiro atoms. The molecule has 0 bridgehead atoms. The summed E-state index contributed by atoms with van der Waals surface area (Å²) >= 11 is 6.52. The lowest BCUT2D eigenvalue weighted by molar-refractivity contribution is -0.140. The first-order valence-corrected chi connectivity index (χ1v) is 12.7. The molecule has 0 saturated carbocycles. The van der Waals surface area contributed by atoms with Gasteiger partial charge in [-0.1, -0.05) is 18.5 Å². The molecule has 2 aliphatic heterocycles. The van der Waals surface area contributed by atoms with Gasteiger partial charge < -0.3 is 38.3 Å². The number of carbonyl (C=O) groups excluding carboxylic acids is 3. The number of ketones is 2. The fourth-order valence-corrected chi connectivity index (χ4v) is 5.79. The number of carbonyl (C=O) groups is 3. The van der Waals surface area contributed by atoms with E-state index < -0.39 is 40.7 Å². The molecular formula is C28H27ClO11. The normalized spacial score (nSPS) is 21.7. The van der Waals surface area contributed by atoms with Gasteiger partial charge in [0.1, 0.15) is 22.1 Å². The third kappa shape index (κ3) is 3.90. The molecule has 3 aliphatic rings. The van der Waals surface area contributed by atoms with Crippen LogP contribution < -0.4 is 28.4 Å². The van der Waals surface area contributed by atoms with Gasteiger partial charge in [0.15, 0.2) is 28.8 Å². The summed E-state index contributed by atoms with van der Waals surface area (Å²) in [5.74, 6) is -2.96. The maximum atomic E-state index is 14.1. The van der Waals surface area contributed by atoms with E-state index in [1.54, 1.807) is 19.1 Å². The number of rotatable bonds is 7. The lowest BCUT2D eigenvalue weighted by atomic mass is 9.69. The maximum absolute atomic E-state index is 14.1. The zero-order valence-corrected chi connectivity index (χ0v) is 23.2. The second kappa shape index (κ2) is 10.1. The molecule has 3 atom stereocenters. The molecule has 0 saturated heterocycles. The summed E-state index contributed by atoms with van der Waals surface area (Å²) in [6.07, 6.45) is -0.510. The third-order valence-electron chi connectivity index (χ3n) is 7.54. The number of aliphatic hydroxyl groups is 1. The summed E-state index contributed by atoms with van der Waals surface area (Å²) in [5.41, 5.74) is -1.78. The molecule has 40 heavy (non-hydrogen) atoms. The first-order chi connectivity index (χ1) is 19.1. The molecule has 1 aliphatic carbocycles. The average Bonchev–Trinajstić information content (AvgIpc) is 3.55. The number of benzene rings is 2. The zero-order valence-electron chi connectivity index (χ0n) is 22.4. The largest absolute Gasteiger partial charge is 0.507 e. The predicted octanol–water partition coefficient (Wildman–Crippen LogP) is 4.18. The third-order valence-corrected chi connectivity index (χ3v) is 7.90. The van der Waals surface area contributed by atoms with Gasteiger partial charge in [0.05, 0.1) is 34.9 Å². The van der Waals surface area contributed by atoms with Crippen LogP contribution in [0.2, 0.25) is 5.02 Å². The number of fused-ring (bicyclic) bond motifs is 2. The van der Waals surface area contributed by atoms with Crippen LogP contribution in [0.15, 0.2) is 29.5 Å². The Bertz CT molecular complexity index is 1460. The Balaban J connectivity index is 1.73. The number of hydrogen-bond donors (Lipinski definition) is 1. The molecule has 0 amide bonds. The first-order valence-electron chi connectivity index (χ1n) is 12.3. The summed E-state index contributed by atoms with van der Waals surface area (Å²) in [4.78, 5) is 40.3. The number of esters is 1. The fraction of sp³-hybridized carbons (Fsp3) is 0.393. The van der Waals surface area contributed by atoms with E-state index in [1.807, 2.05) is 0 Å². The molecule has 212 valence electrons. The standard InChI is InChI=1S/C28H27ClO11/c1-12-6-15(30)21(14(9-20(31)37-5)13-7-18(36-4)24-19(8-13)38-11-39-24)26(32)28(12)27(33)22-16(34-2)10-17(35-3)23(29)25(22)40-28/h7-8,10,12,14,32H,6,9,11H2,1-5H3/t12-,14+,28+/m1/s1. The van der Waals surface area contributed by atoms with E-state index in [0.717, 1.165) is 0 Å². The Hall–Kier alpha value is -4.12. The van der Waals surface area contributed by atoms with E-state index in [0.29, 0.717) is 22.8 Å². The minimum atomic E-state index is -2.01. The highest BCUT2D eigenvalue weighted by molar-refractivity contribution is 6.35. The highest BCUT2D eigenvalue weighted by atomic mass is 35.5. The van der Waals surface area contributed by atoms with Crippen LogP contribution in [-0.4, -0.2) is 63.5 Å². The average molecular weight is 575 g/mol. The van der Waals surface area contributed by atoms with Crippen molar-refractivity contribution in [2.24, 2.45) is 5.92 Å². The highest BCUT2D eigenvalue weighted by Gasteiger charge is 2.61. The molecule has 2 aromatic rings. The fourth-order valence-electron chi connectivity index (χ4n) is 5.53. The van der Waals surface area contributed by atoms with E-state index >= 15 is 0 Å². The van der Waals surface area contributed by atoms with Crippen LogP contribution in [0, 0.1) is 5.92 Å². The molecule has 5 rings (SSSR count). The van der Waals surface area contributed by atoms with Gasteiger partial charge in [0, 0.05) is 29.9 Å². The van der Waals surface area contributed by atoms with Crippen LogP contribution in [0.1, 0.15) is 41.6 Å². The van der Waals surface area contributed by atoms with Gasteiger partial charge in [-0.15, -0.1) is 0 Å². The SMILES string of the molecule is COC(=O)C[C@H](C1=C(O)[C@@]2(Oc3c(Cl)c(OC)cc(OC)c3C2=O)[C@H](C)CC1=O)c1cc(OC)c2c(c1)OCO2. The van der Waals surface area contributed by atoms with E-state index in [4.69, 9.17) is 44.8 Å². The second-order valence-electron chi connectivity index (χ2n) is 9.55. The van der Waals surface area contributed by atoms with Gasteiger partial charge >= 0.3 is 5.97 Å². The van der Waals surface area contributed by atoms with Crippen molar-refractivity contribution in [3.63, 3.8) is 0 Å². The molecule has 2 heterocycles. The Morgan fingerprint density at radius 1 is 1.05 bits per heavy atom. The number of hydrogen-bond acceptors (Lipinski definition) is 11. The summed E-state index contributed by atoms with van der Waals surface area (Å²) < 4.78 is 38.3. The highest BCUT2D eigenvalue weighted by Crippen LogP contribution is 2.56. The first kappa shape index (κ1) is 27.4. The van der Waals surface area contributed by atoms with Gasteiger partial charge in [-0.3, -0.25) is 14.4 Å². The van der Waals surface area contributed by atoms with E-state index in [9.17, 15) is 19.5 Å². The lowest BCUT2D eigenvalue weighted by Crippen LogP contribution is -2.53. The van der Waals surface area contributed by atoms with Crippen molar-refractivity contribution >= 4 is 29.1 Å². The van der Waals surface area contributed by atoms with Crippen molar-refractivity contribution in [1.29, 1.82) is 0 Å². The van der Waals surface area contributed by atoms with E-state index in [2.05, 4.69) is 0 Å². The van der Waals surface area contributed by atoms with Crippen LogP contribution in [0.5, 0.6) is 34.5 Å². The van der Waals surface area contributed by atoms with Gasteiger partial charge in [-0.05, 0) is 17.7 Å². The Kier molecular flexibility index (Phi) is 6.95. The van der Waals surface area contributed by atoms with Gasteiger partial charge in [-0.25, -0.2) is 0 Å². The van der Waals surface area contributed by atoms with Crippen molar-refractivity contribution in [2.45, 2.75) is 31.3 Å². The van der Waals surface area contributed by atoms with E-state index in [1.165, 1.54) is 34.5 Å². The molecule has 11 nitrogen and oxygen atoms in total. The number of Topliss-reactive ketones (excluding diaryl/α,β-unsaturated/α-hetero) is 2. The van der Waals surface area contributed by atoms with E-state index in [-0.39, 0.29) is 53.0 Å². The second-order valence-corrected chi connectivity index (χ2v) is 9.92. The summed E-state index contributed by atoms with van der Waals surface area (Å²) in [7, 11) is 5.41. The monoisotopic (exact) mass is 574 g/mol. The summed E-state index contributed by atoms with van der Waals surface area (Å²) in [6.45, 7) is 1.57. The van der Waals surface area contributed by atoms with Crippen molar-refractivity contribution in [3.05, 3.63) is 45.7 Å². The smallest absolute Gasteiger partial charge is 0.306 e. The molecule has 0 fully saturated rings. The lowest BCUT2D eigenvalue weighted by Gasteiger charge is -2.38. The van der Waals surface area contributed by atoms with Crippen molar-refractivity contribution < 1.29 is 52.6 Å². The minimum Gasteiger partial charge on any atom is -0.507 e. The number of aliphatic hydroxyl groups excluding tert-OH is 1. The quantitative estimate of drug-likeness (QED) is 0.477. The maximum Gasteiger partial charge on any atom is 0.306 e. The van der Waals surface area contributed by atoms with Crippen molar-refractivity contribution in [1.82, 2.24) is 0 Å². The van der Waals surface area contributed by atoms with Gasteiger partial charge in [-0.2, -0.15) is 0 Å². The topological polar surface area (TPSA) is 136 Å². The van der Waals surface area contributed by atoms with Crippen LogP contribution in [-0.2, 0) is 14.3 Å². The van der Waals surface area contributed by atoms with Crippen molar-refractivity contribution in [2.75, 3.05) is 35.2 Å². The summed E-state index contributed by atoms with van der Waals surface area (Å²) in [5, 5.41) is 11.9. The molecule has 0 radical (unpaired) electrons. The van der Waals surface area contributed by atoms with Gasteiger partial charge in [0.25, 0.3) is 0 Å². The number of allylic oxidation sites excluding steroid dienone is 1. The van der Waals surface area contributed by atoms with Crippen LogP contribution in [0.4, 0.5) is 0 Å². The Morgan fingerprint density at radius 3 is 2.40 bits per heavy atom. The Morgan fingerprint density at radius 2 is 1.75 bits per heavy atom. The minimum absolute atomic E-state index is 0.00796. The molecule has 1 N–H and O–H groups in total. The number of halogens is 1. The molecule has 2 aromatic carbocycles. The number of methoxy groups -OCH3 is 4. The molecule has 12 heteroatoms. The summed E-state index contributed by atoms with van der Waals surface area (Å²) in [6, 6.07) is 4.62. The van der Waals surface area contributed by atoms with Crippen molar-refractivity contribution in [3.8, 4) is 34.5 Å². The Labute approximate surface area is 234 Å². The predicted molar refractivity (Wildman–Crippen MR) is 139 cm³/mol.